The van der Waals surface area contributed by atoms with Crippen LogP contribution in [0.3, 0.4) is 0 Å². The maximum absolute atomic E-state index is 14.2. The molecule has 0 aliphatic carbocycles. The van der Waals surface area contributed by atoms with E-state index in [1.54, 1.807) is 66.7 Å². The molecule has 1 aromatic heterocycles. The summed E-state index contributed by atoms with van der Waals surface area (Å²) in [6.07, 6.45) is 3.21. The zero-order valence-electron chi connectivity index (χ0n) is 18.5. The van der Waals surface area contributed by atoms with Crippen LogP contribution in [0, 0.1) is 5.82 Å². The van der Waals surface area contributed by atoms with Crippen LogP contribution >= 0.6 is 0 Å². The highest BCUT2D eigenvalue weighted by molar-refractivity contribution is 5.83. The Morgan fingerprint density at radius 3 is 2.33 bits per heavy atom. The Bertz CT molecular complexity index is 1380. The van der Waals surface area contributed by atoms with Gasteiger partial charge in [-0.2, -0.15) is 0 Å². The highest BCUT2D eigenvalue weighted by Gasteiger charge is 2.15. The average Bonchev–Trinajstić information content (AvgIpc) is 2.84. The lowest BCUT2D eigenvalue weighted by Gasteiger charge is -2.14. The van der Waals surface area contributed by atoms with Crippen LogP contribution in [-0.2, 0) is 0 Å². The maximum Gasteiger partial charge on any atom is 0.266 e. The first-order chi connectivity index (χ1) is 16.0. The summed E-state index contributed by atoms with van der Waals surface area (Å²) >= 11 is 0. The Balaban J connectivity index is 1.95. The van der Waals surface area contributed by atoms with Crippen molar-refractivity contribution in [3.8, 4) is 22.9 Å². The van der Waals surface area contributed by atoms with Crippen molar-refractivity contribution < 1.29 is 18.6 Å². The van der Waals surface area contributed by atoms with Gasteiger partial charge in [-0.1, -0.05) is 18.2 Å². The second kappa shape index (κ2) is 9.56. The fourth-order valence-corrected chi connectivity index (χ4v) is 3.52. The van der Waals surface area contributed by atoms with Crippen LogP contribution in [0.4, 0.5) is 4.39 Å². The summed E-state index contributed by atoms with van der Waals surface area (Å²) in [4.78, 5) is 18.3. The zero-order valence-corrected chi connectivity index (χ0v) is 18.5. The van der Waals surface area contributed by atoms with Crippen molar-refractivity contribution in [2.45, 2.75) is 6.92 Å². The number of halogens is 1. The van der Waals surface area contributed by atoms with Crippen LogP contribution < -0.4 is 19.8 Å². The van der Waals surface area contributed by atoms with Crippen molar-refractivity contribution in [2.75, 3.05) is 20.8 Å². The molecule has 0 atom stereocenters. The van der Waals surface area contributed by atoms with Gasteiger partial charge in [0.2, 0.25) is 0 Å². The topological polar surface area (TPSA) is 62.6 Å². The molecule has 0 fully saturated rings. The number of ether oxygens (including phenoxy) is 3. The van der Waals surface area contributed by atoms with E-state index in [-0.39, 0.29) is 11.4 Å². The molecular weight excluding hydrogens is 423 g/mol. The van der Waals surface area contributed by atoms with Crippen LogP contribution in [0.1, 0.15) is 18.3 Å². The van der Waals surface area contributed by atoms with Gasteiger partial charge in [-0.25, -0.2) is 9.37 Å². The van der Waals surface area contributed by atoms with Gasteiger partial charge in [-0.05, 0) is 55.5 Å². The average molecular weight is 446 g/mol. The lowest BCUT2D eigenvalue weighted by Crippen LogP contribution is -2.22. The molecule has 0 N–H and O–H groups in total. The first kappa shape index (κ1) is 22.1. The summed E-state index contributed by atoms with van der Waals surface area (Å²) in [5.41, 5.74) is 1.13. The number of hydrogen-bond donors (Lipinski definition) is 0. The second-order valence-electron chi connectivity index (χ2n) is 7.12. The minimum absolute atomic E-state index is 0.293. The van der Waals surface area contributed by atoms with E-state index < -0.39 is 0 Å². The third kappa shape index (κ3) is 4.43. The Kier molecular flexibility index (Phi) is 6.40. The molecule has 6 nitrogen and oxygen atoms in total. The fourth-order valence-electron chi connectivity index (χ4n) is 3.52. The molecule has 3 aromatic carbocycles. The van der Waals surface area contributed by atoms with Crippen LogP contribution in [0.15, 0.2) is 65.5 Å². The molecule has 0 radical (unpaired) electrons. The van der Waals surface area contributed by atoms with Gasteiger partial charge in [-0.3, -0.25) is 9.36 Å². The minimum Gasteiger partial charge on any atom is -0.494 e. The SMILES string of the molecule is CCOc1ccc(-n2c(/C=C/c3ccccc3F)nc3cc(OC)c(OC)cc3c2=O)cc1. The minimum atomic E-state index is -0.365. The van der Waals surface area contributed by atoms with Crippen molar-refractivity contribution in [2.24, 2.45) is 0 Å². The number of rotatable bonds is 7. The molecule has 0 bridgehead atoms. The quantitative estimate of drug-likeness (QED) is 0.395. The van der Waals surface area contributed by atoms with Crippen LogP contribution in [0.25, 0.3) is 28.7 Å². The highest BCUT2D eigenvalue weighted by atomic mass is 19.1. The van der Waals surface area contributed by atoms with E-state index in [1.807, 2.05) is 6.92 Å². The molecular formula is C26H23FN2O4. The smallest absolute Gasteiger partial charge is 0.266 e. The van der Waals surface area contributed by atoms with Crippen molar-refractivity contribution in [1.29, 1.82) is 0 Å². The molecule has 168 valence electrons. The maximum atomic E-state index is 14.2. The summed E-state index contributed by atoms with van der Waals surface area (Å²) < 4.78 is 31.9. The zero-order chi connectivity index (χ0) is 23.4. The van der Waals surface area contributed by atoms with E-state index in [1.165, 1.54) is 24.9 Å². The predicted octanol–water partition coefficient (Wildman–Crippen LogP) is 5.11. The Morgan fingerprint density at radius 1 is 0.970 bits per heavy atom. The first-order valence-corrected chi connectivity index (χ1v) is 10.4. The standard InChI is InChI=1S/C26H23FN2O4/c1-4-33-19-12-10-18(11-13-19)29-25(14-9-17-7-5-6-8-21(17)27)28-22-16-24(32-3)23(31-2)15-20(22)26(29)30/h5-16H,4H2,1-3H3/b14-9+. The number of benzene rings is 3. The van der Waals surface area contributed by atoms with Crippen molar-refractivity contribution >= 4 is 23.1 Å². The Hall–Kier alpha value is -4.13. The lowest BCUT2D eigenvalue weighted by molar-refractivity contribution is 0.340. The molecule has 4 rings (SSSR count). The molecule has 0 aliphatic heterocycles. The number of fused-ring (bicyclic) bond motifs is 1. The molecule has 0 amide bonds. The molecule has 0 saturated carbocycles. The van der Waals surface area contributed by atoms with Crippen molar-refractivity contribution in [3.05, 3.63) is 88.2 Å². The summed E-state index contributed by atoms with van der Waals surface area (Å²) in [6.45, 7) is 2.44. The largest absolute Gasteiger partial charge is 0.494 e. The van der Waals surface area contributed by atoms with Gasteiger partial charge in [0.25, 0.3) is 5.56 Å². The van der Waals surface area contributed by atoms with Crippen LogP contribution in [-0.4, -0.2) is 30.4 Å². The first-order valence-electron chi connectivity index (χ1n) is 10.4. The molecule has 33 heavy (non-hydrogen) atoms. The lowest BCUT2D eigenvalue weighted by atomic mass is 10.1. The predicted molar refractivity (Wildman–Crippen MR) is 127 cm³/mol. The van der Waals surface area contributed by atoms with Gasteiger partial charge in [0.05, 0.1) is 37.4 Å². The molecule has 0 saturated heterocycles. The van der Waals surface area contributed by atoms with E-state index in [4.69, 9.17) is 14.2 Å². The second-order valence-corrected chi connectivity index (χ2v) is 7.12. The van der Waals surface area contributed by atoms with Gasteiger partial charge >= 0.3 is 0 Å². The highest BCUT2D eigenvalue weighted by Crippen LogP contribution is 2.31. The summed E-state index contributed by atoms with van der Waals surface area (Å²) in [5.74, 6) is 1.55. The van der Waals surface area contributed by atoms with Crippen LogP contribution in [0.5, 0.6) is 17.2 Å². The van der Waals surface area contributed by atoms with Gasteiger partial charge in [0.1, 0.15) is 17.4 Å². The molecule has 7 heteroatoms. The van der Waals surface area contributed by atoms with Gasteiger partial charge in [-0.15, -0.1) is 0 Å². The third-order valence-corrected chi connectivity index (χ3v) is 5.12. The van der Waals surface area contributed by atoms with E-state index >= 15 is 0 Å². The van der Waals surface area contributed by atoms with E-state index in [2.05, 4.69) is 4.98 Å². The van der Waals surface area contributed by atoms with E-state index in [0.29, 0.717) is 51.8 Å². The van der Waals surface area contributed by atoms with Crippen LogP contribution in [0.2, 0.25) is 0 Å². The Labute approximate surface area is 190 Å². The summed E-state index contributed by atoms with van der Waals surface area (Å²) in [7, 11) is 3.03. The summed E-state index contributed by atoms with van der Waals surface area (Å²) in [6, 6.07) is 16.8. The normalized spacial score (nSPS) is 11.2. The summed E-state index contributed by atoms with van der Waals surface area (Å²) in [5, 5.41) is 0.365. The number of nitrogens with zero attached hydrogens (tertiary/aromatic N) is 2. The fraction of sp³-hybridized carbons (Fsp3) is 0.154. The molecule has 0 aliphatic rings. The molecule has 4 aromatic rings. The Morgan fingerprint density at radius 2 is 1.67 bits per heavy atom. The molecule has 1 heterocycles. The van der Waals surface area contributed by atoms with Gasteiger partial charge in [0.15, 0.2) is 11.5 Å². The number of methoxy groups -OCH3 is 2. The van der Waals surface area contributed by atoms with Crippen molar-refractivity contribution in [1.82, 2.24) is 9.55 Å². The third-order valence-electron chi connectivity index (χ3n) is 5.12. The van der Waals surface area contributed by atoms with Crippen molar-refractivity contribution in [3.63, 3.8) is 0 Å². The van der Waals surface area contributed by atoms with Gasteiger partial charge in [0, 0.05) is 11.6 Å². The van der Waals surface area contributed by atoms with E-state index in [0.717, 1.165) is 0 Å². The van der Waals surface area contributed by atoms with Gasteiger partial charge < -0.3 is 14.2 Å². The molecule has 0 spiro atoms. The number of hydrogen-bond acceptors (Lipinski definition) is 5. The number of aromatic nitrogens is 2. The monoisotopic (exact) mass is 446 g/mol. The molecule has 0 unspecified atom stereocenters. The van der Waals surface area contributed by atoms with E-state index in [9.17, 15) is 9.18 Å².